The standard InChI is InChI=1S/C13H14N2O4/c1-15-9(13(16)17)7-14-12(15)8-4-5-10(18-2)11(6-8)19-3/h4-7H,1-3H3,(H,16,17). The molecule has 100 valence electrons. The zero-order valence-electron chi connectivity index (χ0n) is 10.9. The van der Waals surface area contributed by atoms with E-state index in [2.05, 4.69) is 4.98 Å². The zero-order valence-corrected chi connectivity index (χ0v) is 10.9. The van der Waals surface area contributed by atoms with Gasteiger partial charge >= 0.3 is 5.97 Å². The SMILES string of the molecule is COc1ccc(-c2ncc(C(=O)O)n2C)cc1OC. The highest BCUT2D eigenvalue weighted by Gasteiger charge is 2.15. The molecule has 0 fully saturated rings. The highest BCUT2D eigenvalue weighted by atomic mass is 16.5. The lowest BCUT2D eigenvalue weighted by molar-refractivity contribution is 0.0686. The third kappa shape index (κ3) is 2.24. The van der Waals surface area contributed by atoms with Gasteiger partial charge in [-0.1, -0.05) is 0 Å². The minimum absolute atomic E-state index is 0.129. The van der Waals surface area contributed by atoms with E-state index in [0.717, 1.165) is 5.56 Å². The van der Waals surface area contributed by atoms with Gasteiger partial charge in [-0.05, 0) is 18.2 Å². The maximum atomic E-state index is 11.0. The van der Waals surface area contributed by atoms with E-state index in [4.69, 9.17) is 14.6 Å². The number of methoxy groups -OCH3 is 2. The first kappa shape index (κ1) is 12.9. The van der Waals surface area contributed by atoms with E-state index in [1.165, 1.54) is 10.8 Å². The van der Waals surface area contributed by atoms with Gasteiger partial charge in [0, 0.05) is 12.6 Å². The quantitative estimate of drug-likeness (QED) is 0.909. The molecule has 2 rings (SSSR count). The van der Waals surface area contributed by atoms with Gasteiger partial charge in [0.05, 0.1) is 20.4 Å². The van der Waals surface area contributed by atoms with Crippen molar-refractivity contribution in [2.45, 2.75) is 0 Å². The van der Waals surface area contributed by atoms with Crippen LogP contribution in [0.15, 0.2) is 24.4 Å². The fourth-order valence-corrected chi connectivity index (χ4v) is 1.85. The molecule has 6 heteroatoms. The summed E-state index contributed by atoms with van der Waals surface area (Å²) >= 11 is 0. The monoisotopic (exact) mass is 262 g/mol. The molecule has 0 saturated heterocycles. The fourth-order valence-electron chi connectivity index (χ4n) is 1.85. The summed E-state index contributed by atoms with van der Waals surface area (Å²) in [6, 6.07) is 5.31. The Labute approximate surface area is 110 Å². The van der Waals surface area contributed by atoms with Crippen molar-refractivity contribution in [3.05, 3.63) is 30.1 Å². The minimum atomic E-state index is -1.01. The molecule has 6 nitrogen and oxygen atoms in total. The number of aromatic carboxylic acids is 1. The maximum Gasteiger partial charge on any atom is 0.354 e. The fraction of sp³-hybridized carbons (Fsp3) is 0.231. The summed E-state index contributed by atoms with van der Waals surface area (Å²) in [5.74, 6) is 0.721. The summed E-state index contributed by atoms with van der Waals surface area (Å²) < 4.78 is 11.9. The highest BCUT2D eigenvalue weighted by Crippen LogP contribution is 2.31. The molecule has 1 aromatic heterocycles. The van der Waals surface area contributed by atoms with Crippen molar-refractivity contribution in [2.75, 3.05) is 14.2 Å². The number of ether oxygens (including phenoxy) is 2. The molecule has 19 heavy (non-hydrogen) atoms. The van der Waals surface area contributed by atoms with Crippen molar-refractivity contribution < 1.29 is 19.4 Å². The largest absolute Gasteiger partial charge is 0.493 e. The molecule has 0 bridgehead atoms. The number of imidazole rings is 1. The van der Waals surface area contributed by atoms with Gasteiger partial charge in [0.25, 0.3) is 0 Å². The summed E-state index contributed by atoms with van der Waals surface area (Å²) in [6.45, 7) is 0. The van der Waals surface area contributed by atoms with Crippen LogP contribution >= 0.6 is 0 Å². The second-order valence-corrected chi connectivity index (χ2v) is 3.90. The molecule has 1 N–H and O–H groups in total. The summed E-state index contributed by atoms with van der Waals surface area (Å²) in [5, 5.41) is 9.00. The van der Waals surface area contributed by atoms with Gasteiger partial charge in [0.1, 0.15) is 11.5 Å². The van der Waals surface area contributed by atoms with Crippen molar-refractivity contribution in [1.29, 1.82) is 0 Å². The lowest BCUT2D eigenvalue weighted by Gasteiger charge is -2.09. The zero-order chi connectivity index (χ0) is 14.0. The van der Waals surface area contributed by atoms with Gasteiger partial charge in [0.2, 0.25) is 0 Å². The van der Waals surface area contributed by atoms with Gasteiger partial charge in [-0.2, -0.15) is 0 Å². The molecule has 1 aromatic carbocycles. The number of hydrogen-bond donors (Lipinski definition) is 1. The first-order valence-corrected chi connectivity index (χ1v) is 5.56. The van der Waals surface area contributed by atoms with Crippen LogP contribution in [0.1, 0.15) is 10.5 Å². The normalized spacial score (nSPS) is 10.3. The third-order valence-electron chi connectivity index (χ3n) is 2.85. The Morgan fingerprint density at radius 3 is 2.47 bits per heavy atom. The molecule has 0 spiro atoms. The number of rotatable bonds is 4. The Morgan fingerprint density at radius 1 is 1.26 bits per heavy atom. The number of carboxylic acid groups (broad SMARTS) is 1. The molecule has 0 saturated carbocycles. The van der Waals surface area contributed by atoms with Gasteiger partial charge in [0.15, 0.2) is 11.5 Å². The van der Waals surface area contributed by atoms with Gasteiger partial charge < -0.3 is 19.1 Å². The smallest absolute Gasteiger partial charge is 0.354 e. The number of hydrogen-bond acceptors (Lipinski definition) is 4. The van der Waals surface area contributed by atoms with Crippen molar-refractivity contribution in [3.8, 4) is 22.9 Å². The Balaban J connectivity index is 2.50. The second kappa shape index (κ2) is 5.01. The van der Waals surface area contributed by atoms with E-state index >= 15 is 0 Å². The topological polar surface area (TPSA) is 73.6 Å². The van der Waals surface area contributed by atoms with Crippen LogP contribution in [-0.2, 0) is 7.05 Å². The van der Waals surface area contributed by atoms with Gasteiger partial charge in [-0.3, -0.25) is 0 Å². The van der Waals surface area contributed by atoms with E-state index in [0.29, 0.717) is 17.3 Å². The van der Waals surface area contributed by atoms with Crippen molar-refractivity contribution >= 4 is 5.97 Å². The van der Waals surface area contributed by atoms with Crippen LogP contribution in [0.3, 0.4) is 0 Å². The number of carboxylic acids is 1. The van der Waals surface area contributed by atoms with Crippen LogP contribution in [0.25, 0.3) is 11.4 Å². The summed E-state index contributed by atoms with van der Waals surface area (Å²) in [5.41, 5.74) is 0.887. The van der Waals surface area contributed by atoms with Crippen LogP contribution in [-0.4, -0.2) is 34.8 Å². The molecule has 0 aliphatic rings. The molecule has 0 radical (unpaired) electrons. The third-order valence-corrected chi connectivity index (χ3v) is 2.85. The Hall–Kier alpha value is -2.50. The molecule has 1 heterocycles. The average molecular weight is 262 g/mol. The molecule has 0 atom stereocenters. The van der Waals surface area contributed by atoms with E-state index in [1.807, 2.05) is 0 Å². The molecule has 0 amide bonds. The molecule has 2 aromatic rings. The van der Waals surface area contributed by atoms with Crippen molar-refractivity contribution in [1.82, 2.24) is 9.55 Å². The van der Waals surface area contributed by atoms with Crippen LogP contribution in [0.5, 0.6) is 11.5 Å². The van der Waals surface area contributed by atoms with Crippen molar-refractivity contribution in [2.24, 2.45) is 7.05 Å². The lowest BCUT2D eigenvalue weighted by Crippen LogP contribution is -2.05. The highest BCUT2D eigenvalue weighted by molar-refractivity contribution is 5.86. The van der Waals surface area contributed by atoms with Crippen LogP contribution in [0.2, 0.25) is 0 Å². The van der Waals surface area contributed by atoms with Crippen LogP contribution in [0.4, 0.5) is 0 Å². The van der Waals surface area contributed by atoms with E-state index in [-0.39, 0.29) is 5.69 Å². The van der Waals surface area contributed by atoms with E-state index < -0.39 is 5.97 Å². The number of nitrogens with zero attached hydrogens (tertiary/aromatic N) is 2. The minimum Gasteiger partial charge on any atom is -0.493 e. The first-order valence-electron chi connectivity index (χ1n) is 5.56. The van der Waals surface area contributed by atoms with E-state index in [1.54, 1.807) is 39.5 Å². The Morgan fingerprint density at radius 2 is 1.95 bits per heavy atom. The van der Waals surface area contributed by atoms with Gasteiger partial charge in [-0.15, -0.1) is 0 Å². The van der Waals surface area contributed by atoms with Gasteiger partial charge in [-0.25, -0.2) is 9.78 Å². The van der Waals surface area contributed by atoms with Crippen LogP contribution < -0.4 is 9.47 Å². The number of carbonyl (C=O) groups is 1. The molecule has 0 unspecified atom stereocenters. The first-order chi connectivity index (χ1) is 9.08. The number of aromatic nitrogens is 2. The average Bonchev–Trinajstić information content (AvgIpc) is 2.80. The van der Waals surface area contributed by atoms with Crippen LogP contribution in [0, 0.1) is 0 Å². The maximum absolute atomic E-state index is 11.0. The predicted octanol–water partition coefficient (Wildman–Crippen LogP) is 1.80. The molecular formula is C13H14N2O4. The Kier molecular flexibility index (Phi) is 3.41. The predicted molar refractivity (Wildman–Crippen MR) is 68.7 cm³/mol. The summed E-state index contributed by atoms with van der Waals surface area (Å²) in [6.07, 6.45) is 1.33. The second-order valence-electron chi connectivity index (χ2n) is 3.90. The number of benzene rings is 1. The summed E-state index contributed by atoms with van der Waals surface area (Å²) in [7, 11) is 4.76. The molecule has 0 aliphatic heterocycles. The van der Waals surface area contributed by atoms with E-state index in [9.17, 15) is 4.79 Å². The molecular weight excluding hydrogens is 248 g/mol. The lowest BCUT2D eigenvalue weighted by atomic mass is 10.2. The summed E-state index contributed by atoms with van der Waals surface area (Å²) in [4.78, 5) is 15.1. The van der Waals surface area contributed by atoms with Crippen molar-refractivity contribution in [3.63, 3.8) is 0 Å². The Bertz CT molecular complexity index is 619. The molecule has 0 aliphatic carbocycles.